The maximum Gasteiger partial charge on any atom is 0.305 e. The number of H-pyrrole nitrogens is 1. The molecule has 1 unspecified atom stereocenters. The van der Waals surface area contributed by atoms with Gasteiger partial charge in [-0.15, -0.1) is 0 Å². The zero-order valence-electron chi connectivity index (χ0n) is 14.5. The summed E-state index contributed by atoms with van der Waals surface area (Å²) in [4.78, 5) is 24.2. The second-order valence-corrected chi connectivity index (χ2v) is 6.31. The molecule has 1 heterocycles. The third kappa shape index (κ3) is 5.67. The van der Waals surface area contributed by atoms with Gasteiger partial charge in [-0.1, -0.05) is 19.3 Å². The minimum absolute atomic E-state index is 0.177. The van der Waals surface area contributed by atoms with Crippen molar-refractivity contribution < 1.29 is 14.4 Å². The van der Waals surface area contributed by atoms with Gasteiger partial charge in [-0.2, -0.15) is 5.90 Å². The first-order valence-corrected chi connectivity index (χ1v) is 8.97. The molecule has 1 aliphatic rings. The van der Waals surface area contributed by atoms with Crippen LogP contribution in [0.5, 0.6) is 0 Å². The molecule has 1 aromatic rings. The highest BCUT2D eigenvalue weighted by Gasteiger charge is 2.26. The molecule has 3 N–H and O–H groups in total. The zero-order chi connectivity index (χ0) is 17.2. The Bertz CT molecular complexity index is 508. The van der Waals surface area contributed by atoms with Crippen LogP contribution in [0.25, 0.3) is 0 Å². The number of hydrogen-bond donors (Lipinski definition) is 2. The van der Waals surface area contributed by atoms with Crippen molar-refractivity contribution in [1.82, 2.24) is 9.97 Å². The Labute approximate surface area is 143 Å². The quantitative estimate of drug-likeness (QED) is 0.409. The van der Waals surface area contributed by atoms with E-state index < -0.39 is 0 Å². The number of nitrogens with two attached hydrogens (primary N) is 1. The predicted octanol–water partition coefficient (Wildman–Crippen LogP) is 3.58. The number of nitrogens with one attached hydrogen (secondary N) is 1. The minimum atomic E-state index is -0.177. The number of allylic oxidation sites excluding steroid dienone is 2. The Kier molecular flexibility index (Phi) is 7.82. The van der Waals surface area contributed by atoms with Crippen LogP contribution in [0.4, 0.5) is 0 Å². The molecule has 1 saturated carbocycles. The Morgan fingerprint density at radius 1 is 1.42 bits per heavy atom. The van der Waals surface area contributed by atoms with Crippen molar-refractivity contribution in [1.29, 1.82) is 0 Å². The van der Waals surface area contributed by atoms with Crippen LogP contribution in [0.1, 0.15) is 70.0 Å². The summed E-state index contributed by atoms with van der Waals surface area (Å²) in [5.74, 6) is 7.70. The Morgan fingerprint density at radius 3 is 2.83 bits per heavy atom. The van der Waals surface area contributed by atoms with Gasteiger partial charge < -0.3 is 14.6 Å². The monoisotopic (exact) mass is 335 g/mol. The fourth-order valence-corrected chi connectivity index (χ4v) is 3.41. The van der Waals surface area contributed by atoms with Gasteiger partial charge >= 0.3 is 5.97 Å². The van der Waals surface area contributed by atoms with E-state index in [0.29, 0.717) is 37.5 Å². The van der Waals surface area contributed by atoms with Crippen molar-refractivity contribution in [3.8, 4) is 0 Å². The van der Waals surface area contributed by atoms with Gasteiger partial charge in [0.25, 0.3) is 0 Å². The van der Waals surface area contributed by atoms with E-state index in [1.807, 2.05) is 13.1 Å². The Balaban J connectivity index is 2.00. The molecule has 0 radical (unpaired) electrons. The topological polar surface area (TPSA) is 90.2 Å². The fraction of sp³-hybridized carbons (Fsp3) is 0.667. The van der Waals surface area contributed by atoms with Gasteiger partial charge in [-0.3, -0.25) is 4.79 Å². The highest BCUT2D eigenvalue weighted by Crippen LogP contribution is 2.36. The minimum Gasteiger partial charge on any atom is -0.466 e. The van der Waals surface area contributed by atoms with Crippen molar-refractivity contribution in [2.45, 2.75) is 64.2 Å². The van der Waals surface area contributed by atoms with E-state index in [4.69, 9.17) is 15.5 Å². The Morgan fingerprint density at radius 2 is 2.21 bits per heavy atom. The molecule has 0 amide bonds. The molecular weight excluding hydrogens is 306 g/mol. The Hall–Kier alpha value is -1.82. The molecule has 1 atom stereocenters. The number of nitrogens with zero attached hydrogens (tertiary/aromatic N) is 1. The van der Waals surface area contributed by atoms with Gasteiger partial charge in [-0.25, -0.2) is 4.98 Å². The third-order valence-electron chi connectivity index (χ3n) is 4.62. The number of imidazole rings is 1. The van der Waals surface area contributed by atoms with Crippen LogP contribution in [0.3, 0.4) is 0 Å². The highest BCUT2D eigenvalue weighted by atomic mass is 16.6. The molecule has 0 saturated heterocycles. The average Bonchev–Trinajstić information content (AvgIpc) is 3.13. The smallest absolute Gasteiger partial charge is 0.305 e. The average molecular weight is 335 g/mol. The van der Waals surface area contributed by atoms with Gasteiger partial charge in [0.2, 0.25) is 0 Å². The molecule has 6 heteroatoms. The van der Waals surface area contributed by atoms with E-state index in [1.165, 1.54) is 32.1 Å². The summed E-state index contributed by atoms with van der Waals surface area (Å²) in [5.41, 5.74) is 0. The number of aromatic amines is 1. The van der Waals surface area contributed by atoms with Gasteiger partial charge in [0, 0.05) is 31.2 Å². The lowest BCUT2D eigenvalue weighted by atomic mass is 9.79. The van der Waals surface area contributed by atoms with E-state index in [1.54, 1.807) is 6.20 Å². The van der Waals surface area contributed by atoms with Gasteiger partial charge in [-0.05, 0) is 38.2 Å². The van der Waals surface area contributed by atoms with Crippen molar-refractivity contribution in [2.75, 3.05) is 6.61 Å². The lowest BCUT2D eigenvalue weighted by Gasteiger charge is -2.27. The van der Waals surface area contributed by atoms with Crippen molar-refractivity contribution in [2.24, 2.45) is 11.8 Å². The largest absolute Gasteiger partial charge is 0.466 e. The summed E-state index contributed by atoms with van der Waals surface area (Å²) < 4.78 is 4.95. The van der Waals surface area contributed by atoms with Crippen molar-refractivity contribution in [3.05, 3.63) is 30.1 Å². The second kappa shape index (κ2) is 10.1. The van der Waals surface area contributed by atoms with E-state index in [-0.39, 0.29) is 11.9 Å². The van der Waals surface area contributed by atoms with Crippen LogP contribution in [0, 0.1) is 5.92 Å². The van der Waals surface area contributed by atoms with E-state index >= 15 is 0 Å². The summed E-state index contributed by atoms with van der Waals surface area (Å²) in [6.07, 6.45) is 13.6. The summed E-state index contributed by atoms with van der Waals surface area (Å²) in [5, 5.41) is 0. The third-order valence-corrected chi connectivity index (χ3v) is 4.62. The number of rotatable bonds is 9. The summed E-state index contributed by atoms with van der Waals surface area (Å²) in [6, 6.07) is 0. The molecule has 0 aromatic carbocycles. The summed E-state index contributed by atoms with van der Waals surface area (Å²) in [6.45, 7) is 2.22. The molecular formula is C18H29N3O3. The molecule has 134 valence electrons. The predicted molar refractivity (Wildman–Crippen MR) is 91.7 cm³/mol. The van der Waals surface area contributed by atoms with E-state index in [9.17, 15) is 4.79 Å². The van der Waals surface area contributed by atoms with Gasteiger partial charge in [0.05, 0.1) is 6.61 Å². The van der Waals surface area contributed by atoms with Crippen LogP contribution >= 0.6 is 0 Å². The number of carbonyl (C=O) groups is 1. The van der Waals surface area contributed by atoms with Crippen LogP contribution in [-0.2, 0) is 14.4 Å². The molecule has 24 heavy (non-hydrogen) atoms. The normalized spacial score (nSPS) is 17.5. The molecule has 1 fully saturated rings. The summed E-state index contributed by atoms with van der Waals surface area (Å²) >= 11 is 0. The van der Waals surface area contributed by atoms with Gasteiger partial charge in [0.1, 0.15) is 11.6 Å². The van der Waals surface area contributed by atoms with Crippen molar-refractivity contribution >= 4 is 5.97 Å². The number of ether oxygens (including phenoxy) is 1. The maximum absolute atomic E-state index is 11.4. The zero-order valence-corrected chi connectivity index (χ0v) is 14.5. The maximum atomic E-state index is 11.4. The SMILES string of the molecule is CCOC(=O)CCCC(=CC(c1ncc[nH]1)C1CCCCC1)ON. The molecule has 6 nitrogen and oxygen atoms in total. The van der Waals surface area contributed by atoms with Crippen molar-refractivity contribution in [3.63, 3.8) is 0 Å². The standard InChI is InChI=1S/C18H29N3O3/c1-2-23-17(22)10-6-9-15(24-19)13-16(18-20-11-12-21-18)14-7-4-3-5-8-14/h11-14,16H,2-10,19H2,1H3,(H,20,21). The summed E-state index contributed by atoms with van der Waals surface area (Å²) in [7, 11) is 0. The van der Waals surface area contributed by atoms with E-state index in [2.05, 4.69) is 16.0 Å². The first-order valence-electron chi connectivity index (χ1n) is 8.97. The van der Waals surface area contributed by atoms with E-state index in [0.717, 1.165) is 5.82 Å². The molecule has 0 spiro atoms. The number of aromatic nitrogens is 2. The van der Waals surface area contributed by atoms with Crippen LogP contribution < -0.4 is 5.90 Å². The molecule has 1 aliphatic carbocycles. The molecule has 0 aliphatic heterocycles. The number of carbonyl (C=O) groups excluding carboxylic acids is 1. The fourth-order valence-electron chi connectivity index (χ4n) is 3.41. The molecule has 2 rings (SSSR count). The second-order valence-electron chi connectivity index (χ2n) is 6.31. The van der Waals surface area contributed by atoms with Crippen LogP contribution in [-0.4, -0.2) is 22.5 Å². The highest BCUT2D eigenvalue weighted by molar-refractivity contribution is 5.69. The molecule has 1 aromatic heterocycles. The first-order chi connectivity index (χ1) is 11.7. The lowest BCUT2D eigenvalue weighted by molar-refractivity contribution is -0.143. The first kappa shape index (κ1) is 18.5. The van der Waals surface area contributed by atoms with Crippen LogP contribution in [0.2, 0.25) is 0 Å². The number of hydrogen-bond acceptors (Lipinski definition) is 5. The van der Waals surface area contributed by atoms with Gasteiger partial charge in [0.15, 0.2) is 0 Å². The van der Waals surface area contributed by atoms with Crippen LogP contribution in [0.15, 0.2) is 24.2 Å². The lowest BCUT2D eigenvalue weighted by Crippen LogP contribution is -2.17. The number of esters is 1. The molecule has 0 bridgehead atoms.